The van der Waals surface area contributed by atoms with Crippen molar-refractivity contribution in [3.63, 3.8) is 0 Å². The first kappa shape index (κ1) is 41.5. The summed E-state index contributed by atoms with van der Waals surface area (Å²) in [4.78, 5) is 0. The maximum Gasteiger partial charge on any atom is 3.00 e. The Morgan fingerprint density at radius 3 is 0.538 bits per heavy atom. The van der Waals surface area contributed by atoms with Crippen LogP contribution in [0, 0.1) is 69.2 Å². The Labute approximate surface area is 213 Å². The van der Waals surface area contributed by atoms with Crippen LogP contribution in [0.4, 0.5) is 0 Å². The molecule has 0 nitrogen and oxygen atoms in total. The van der Waals surface area contributed by atoms with Crippen molar-refractivity contribution in [1.29, 1.82) is 0 Å². The van der Waals surface area contributed by atoms with Crippen molar-refractivity contribution in [2.75, 3.05) is 0 Å². The predicted octanol–water partition coefficient (Wildman–Crippen LogP) is -6.09. The second-order valence-electron chi connectivity index (χ2n) is 6.25. The van der Waals surface area contributed by atoms with Gasteiger partial charge in [-0.2, -0.15) is 55.6 Å². The second-order valence-corrected chi connectivity index (χ2v) is 6.25. The van der Waals surface area contributed by atoms with Gasteiger partial charge in [0.15, 0.2) is 0 Å². The molecule has 0 spiro atoms. The topological polar surface area (TPSA) is 0 Å². The summed E-state index contributed by atoms with van der Waals surface area (Å²) in [5, 5.41) is 0. The molecule has 0 aliphatic heterocycles. The Balaban J connectivity index is -0.0000000625. The van der Waals surface area contributed by atoms with Crippen LogP contribution in [0.25, 0.3) is 0 Å². The molecule has 0 radical (unpaired) electrons. The molecule has 0 atom stereocenters. The van der Waals surface area contributed by atoms with Gasteiger partial charge in [-0.05, 0) is 0 Å². The molecule has 2 rings (SSSR count). The normalized spacial score (nSPS) is 8.08. The fourth-order valence-corrected chi connectivity index (χ4v) is 2.81. The van der Waals surface area contributed by atoms with E-state index >= 15 is 0 Å². The van der Waals surface area contributed by atoms with Crippen molar-refractivity contribution in [2.45, 2.75) is 69.2 Å². The van der Waals surface area contributed by atoms with Crippen molar-refractivity contribution >= 4 is 0 Å². The molecular weight excluding hydrogens is 766 g/mol. The minimum atomic E-state index is 0. The number of hydrogen-bond donors (Lipinski definition) is 0. The summed E-state index contributed by atoms with van der Waals surface area (Å²) in [5.41, 5.74) is 14.7. The molecule has 0 fully saturated rings. The van der Waals surface area contributed by atoms with Gasteiger partial charge in [-0.15, -0.1) is 0 Å². The zero-order valence-corrected chi connectivity index (χ0v) is 25.0. The molecule has 26 heavy (non-hydrogen) atoms. The Morgan fingerprint density at radius 1 is 0.385 bits per heavy atom. The molecule has 0 saturated heterocycles. The molecule has 156 valence electrons. The van der Waals surface area contributed by atoms with Gasteiger partial charge < -0.3 is 49.6 Å². The van der Waals surface area contributed by atoms with E-state index in [2.05, 4.69) is 69.2 Å². The van der Waals surface area contributed by atoms with E-state index in [1.807, 2.05) is 0 Å². The summed E-state index contributed by atoms with van der Waals surface area (Å²) in [6.45, 7) is 22.0. The minimum absolute atomic E-state index is 0. The van der Waals surface area contributed by atoms with E-state index in [-0.39, 0.29) is 89.8 Å². The molecule has 2 aromatic carbocycles. The van der Waals surface area contributed by atoms with E-state index in [0.29, 0.717) is 0 Å². The van der Waals surface area contributed by atoms with Crippen LogP contribution in [0.1, 0.15) is 55.6 Å². The summed E-state index contributed by atoms with van der Waals surface area (Å²) >= 11 is 0. The van der Waals surface area contributed by atoms with Crippen LogP contribution >= 0.6 is 0 Å². The molecule has 0 saturated carbocycles. The van der Waals surface area contributed by atoms with Gasteiger partial charge in [0.1, 0.15) is 0 Å². The molecule has 0 unspecified atom stereocenters. The average molecular weight is 797 g/mol. The monoisotopic (exact) mass is 796 g/mol. The maximum atomic E-state index is 2.20. The van der Waals surface area contributed by atoms with E-state index in [0.717, 1.165) is 0 Å². The predicted molar refractivity (Wildman–Crippen MR) is 91.4 cm³/mol. The van der Waals surface area contributed by atoms with E-state index in [9.17, 15) is 0 Å². The molecule has 0 amide bonds. The van der Waals surface area contributed by atoms with Gasteiger partial charge in [0.2, 0.25) is 0 Å². The van der Waals surface area contributed by atoms with Gasteiger partial charge in [0.25, 0.3) is 0 Å². The van der Waals surface area contributed by atoms with E-state index in [4.69, 9.17) is 0 Å². The van der Waals surface area contributed by atoms with Crippen molar-refractivity contribution < 1.29 is 89.8 Å². The summed E-state index contributed by atoms with van der Waals surface area (Å²) in [7, 11) is 0. The SMILES string of the molecule is Cc1c(C)c(C)[c-](C)c1C.Cc1c(C)c(C)[c-](C)c1C.[Cl-].[Cl-].[Cl-].[Cl-].[Ir+3].[Ir+3]. The maximum absolute atomic E-state index is 2.20. The molecule has 0 bridgehead atoms. The fourth-order valence-electron chi connectivity index (χ4n) is 2.81. The Bertz CT molecular complexity index is 424. The zero-order valence-electron chi connectivity index (χ0n) is 17.2. The van der Waals surface area contributed by atoms with Crippen LogP contribution in [0.15, 0.2) is 0 Å². The molecule has 0 heterocycles. The van der Waals surface area contributed by atoms with Gasteiger partial charge >= 0.3 is 40.2 Å². The average Bonchev–Trinajstić information content (AvgIpc) is 2.71. The van der Waals surface area contributed by atoms with Crippen LogP contribution < -0.4 is 49.6 Å². The largest absolute Gasteiger partial charge is 3.00 e. The molecule has 6 heteroatoms. The smallest absolute Gasteiger partial charge is 1.00 e. The van der Waals surface area contributed by atoms with E-state index in [1.165, 1.54) is 55.6 Å². The van der Waals surface area contributed by atoms with Crippen LogP contribution in [0.3, 0.4) is 0 Å². The fraction of sp³-hybridized carbons (Fsp3) is 0.500. The van der Waals surface area contributed by atoms with E-state index in [1.54, 1.807) is 0 Å². The molecule has 2 aromatic rings. The van der Waals surface area contributed by atoms with Crippen molar-refractivity contribution in [3.8, 4) is 0 Å². The first-order chi connectivity index (χ1) is 9.11. The van der Waals surface area contributed by atoms with Crippen LogP contribution in [-0.2, 0) is 40.2 Å². The summed E-state index contributed by atoms with van der Waals surface area (Å²) in [6, 6.07) is 0. The van der Waals surface area contributed by atoms with Gasteiger partial charge in [0, 0.05) is 0 Å². The minimum Gasteiger partial charge on any atom is -1.00 e. The van der Waals surface area contributed by atoms with Gasteiger partial charge in [0.05, 0.1) is 0 Å². The quantitative estimate of drug-likeness (QED) is 0.234. The summed E-state index contributed by atoms with van der Waals surface area (Å²) < 4.78 is 0. The van der Waals surface area contributed by atoms with Gasteiger partial charge in [-0.25, -0.2) is 0 Å². The summed E-state index contributed by atoms with van der Waals surface area (Å²) in [6.07, 6.45) is 0. The van der Waals surface area contributed by atoms with Crippen LogP contribution in [-0.4, -0.2) is 0 Å². The number of rotatable bonds is 0. The Morgan fingerprint density at radius 2 is 0.500 bits per heavy atom. The van der Waals surface area contributed by atoms with Crippen molar-refractivity contribution in [1.82, 2.24) is 0 Å². The molecular formula is C20H30Cl4Ir2. The summed E-state index contributed by atoms with van der Waals surface area (Å²) in [5.74, 6) is 0. The standard InChI is InChI=1S/2C10H15.4ClH.2Ir/c2*1-6-7(2)9(4)10(5)8(6)3;;;;;;/h2*1-5H3;4*1H;;/q2*-1;;;;;2*+3/p-4. The van der Waals surface area contributed by atoms with Gasteiger partial charge in [-0.3, -0.25) is 0 Å². The molecule has 0 aromatic heterocycles. The Hall–Kier alpha value is 1.16. The number of hydrogen-bond acceptors (Lipinski definition) is 0. The Kier molecular flexibility index (Phi) is 27.2. The second kappa shape index (κ2) is 17.1. The van der Waals surface area contributed by atoms with Crippen LogP contribution in [0.5, 0.6) is 0 Å². The third kappa shape index (κ3) is 8.67. The first-order valence-electron chi connectivity index (χ1n) is 7.50. The zero-order chi connectivity index (χ0) is 15.8. The van der Waals surface area contributed by atoms with Crippen molar-refractivity contribution in [3.05, 3.63) is 55.6 Å². The van der Waals surface area contributed by atoms with Gasteiger partial charge in [-0.1, -0.05) is 69.2 Å². The molecule has 0 N–H and O–H groups in total. The number of halogens is 4. The first-order valence-corrected chi connectivity index (χ1v) is 7.50. The third-order valence-electron chi connectivity index (χ3n) is 5.62. The third-order valence-corrected chi connectivity index (χ3v) is 5.62. The molecule has 0 aliphatic rings. The van der Waals surface area contributed by atoms with E-state index < -0.39 is 0 Å². The van der Waals surface area contributed by atoms with Crippen molar-refractivity contribution in [2.24, 2.45) is 0 Å². The van der Waals surface area contributed by atoms with Crippen LogP contribution in [0.2, 0.25) is 0 Å². The molecule has 0 aliphatic carbocycles.